The van der Waals surface area contributed by atoms with E-state index in [2.05, 4.69) is 23.5 Å². The zero-order chi connectivity index (χ0) is 16.4. The first kappa shape index (κ1) is 15.1. The number of carbonyl (C=O) groups excluding carboxylic acids is 1. The Morgan fingerprint density at radius 2 is 1.78 bits per heavy atom. The van der Waals surface area contributed by atoms with Gasteiger partial charge in [-0.3, -0.25) is 4.79 Å². The molecule has 2 N–H and O–H groups in total. The van der Waals surface area contributed by atoms with Gasteiger partial charge in [0.05, 0.1) is 6.04 Å². The summed E-state index contributed by atoms with van der Waals surface area (Å²) in [7, 11) is 0. The Labute approximate surface area is 135 Å². The molecule has 0 heterocycles. The van der Waals surface area contributed by atoms with Crippen LogP contribution in [-0.4, -0.2) is 11.0 Å². The van der Waals surface area contributed by atoms with Crippen molar-refractivity contribution < 1.29 is 9.90 Å². The minimum Gasteiger partial charge on any atom is -0.508 e. The van der Waals surface area contributed by atoms with Crippen molar-refractivity contribution >= 4 is 16.7 Å². The van der Waals surface area contributed by atoms with Crippen LogP contribution in [-0.2, 0) is 0 Å². The van der Waals surface area contributed by atoms with Gasteiger partial charge >= 0.3 is 0 Å². The normalized spacial score (nSPS) is 12.1. The van der Waals surface area contributed by atoms with Gasteiger partial charge in [-0.15, -0.1) is 0 Å². The van der Waals surface area contributed by atoms with E-state index in [0.29, 0.717) is 5.56 Å². The molecular formula is C20H19NO2. The minimum absolute atomic E-state index is 0.0959. The van der Waals surface area contributed by atoms with Crippen molar-refractivity contribution in [3.8, 4) is 5.75 Å². The Bertz CT molecular complexity index is 865. The number of hydrogen-bond acceptors (Lipinski definition) is 2. The molecule has 0 bridgehead atoms. The fourth-order valence-electron chi connectivity index (χ4n) is 2.83. The number of phenolic OH excluding ortho intramolecular Hbond substituents is 1. The fourth-order valence-corrected chi connectivity index (χ4v) is 2.83. The van der Waals surface area contributed by atoms with Crippen molar-refractivity contribution in [1.29, 1.82) is 0 Å². The van der Waals surface area contributed by atoms with Crippen molar-refractivity contribution in [3.63, 3.8) is 0 Å². The molecule has 0 aliphatic heterocycles. The number of benzene rings is 3. The number of carbonyl (C=O) groups is 1. The molecule has 0 fully saturated rings. The van der Waals surface area contributed by atoms with Crippen molar-refractivity contribution in [3.05, 3.63) is 77.4 Å². The lowest BCUT2D eigenvalue weighted by Crippen LogP contribution is -2.27. The van der Waals surface area contributed by atoms with Gasteiger partial charge in [-0.2, -0.15) is 0 Å². The van der Waals surface area contributed by atoms with Crippen molar-refractivity contribution in [1.82, 2.24) is 5.32 Å². The predicted octanol–water partition coefficient (Wildman–Crippen LogP) is 4.34. The number of rotatable bonds is 3. The van der Waals surface area contributed by atoms with Crippen LogP contribution in [0, 0.1) is 6.92 Å². The van der Waals surface area contributed by atoms with Crippen LogP contribution in [0.5, 0.6) is 5.75 Å². The highest BCUT2D eigenvalue weighted by molar-refractivity contribution is 5.96. The van der Waals surface area contributed by atoms with E-state index in [0.717, 1.165) is 21.9 Å². The van der Waals surface area contributed by atoms with E-state index in [4.69, 9.17) is 0 Å². The van der Waals surface area contributed by atoms with Gasteiger partial charge in [0.25, 0.3) is 5.91 Å². The van der Waals surface area contributed by atoms with Crippen LogP contribution in [0.4, 0.5) is 0 Å². The molecule has 0 aliphatic carbocycles. The van der Waals surface area contributed by atoms with E-state index in [1.165, 1.54) is 6.07 Å². The molecule has 0 saturated carbocycles. The summed E-state index contributed by atoms with van der Waals surface area (Å²) < 4.78 is 0. The molecule has 3 aromatic carbocycles. The Balaban J connectivity index is 1.90. The van der Waals surface area contributed by atoms with Gasteiger partial charge in [-0.05, 0) is 47.9 Å². The monoisotopic (exact) mass is 305 g/mol. The molecule has 1 atom stereocenters. The maximum atomic E-state index is 12.5. The first-order valence-electron chi connectivity index (χ1n) is 7.64. The summed E-state index contributed by atoms with van der Waals surface area (Å²) in [5.41, 5.74) is 2.41. The van der Waals surface area contributed by atoms with E-state index in [1.807, 2.05) is 38.1 Å². The summed E-state index contributed by atoms with van der Waals surface area (Å²) in [6, 6.07) is 18.9. The lowest BCUT2D eigenvalue weighted by molar-refractivity contribution is 0.0939. The maximum Gasteiger partial charge on any atom is 0.252 e. The number of nitrogens with one attached hydrogen (secondary N) is 1. The number of hydrogen-bond donors (Lipinski definition) is 2. The minimum atomic E-state index is -0.182. The third-order valence-corrected chi connectivity index (χ3v) is 4.10. The van der Waals surface area contributed by atoms with Gasteiger partial charge in [0.15, 0.2) is 0 Å². The quantitative estimate of drug-likeness (QED) is 0.756. The molecule has 0 spiro atoms. The summed E-state index contributed by atoms with van der Waals surface area (Å²) in [6.07, 6.45) is 0. The van der Waals surface area contributed by atoms with Crippen LogP contribution in [0.25, 0.3) is 10.8 Å². The highest BCUT2D eigenvalue weighted by Gasteiger charge is 2.15. The van der Waals surface area contributed by atoms with Gasteiger partial charge in [0.2, 0.25) is 0 Å². The number of phenols is 1. The van der Waals surface area contributed by atoms with Crippen LogP contribution < -0.4 is 5.32 Å². The second-order valence-electron chi connectivity index (χ2n) is 5.76. The highest BCUT2D eigenvalue weighted by Crippen LogP contribution is 2.25. The number of amides is 1. The lowest BCUT2D eigenvalue weighted by Gasteiger charge is -2.17. The third kappa shape index (κ3) is 3.04. The SMILES string of the molecule is Cc1ccc(O)cc1C(=O)NC(C)c1cccc2ccccc12. The molecular weight excluding hydrogens is 286 g/mol. The summed E-state index contributed by atoms with van der Waals surface area (Å²) in [5, 5.41) is 14.9. The third-order valence-electron chi connectivity index (χ3n) is 4.10. The molecule has 3 nitrogen and oxygen atoms in total. The maximum absolute atomic E-state index is 12.5. The van der Waals surface area contributed by atoms with Crippen LogP contribution in [0.1, 0.15) is 34.5 Å². The largest absolute Gasteiger partial charge is 0.508 e. The Morgan fingerprint density at radius 1 is 1.04 bits per heavy atom. The van der Waals surface area contributed by atoms with E-state index in [1.54, 1.807) is 12.1 Å². The summed E-state index contributed by atoms with van der Waals surface area (Å²) in [6.45, 7) is 3.83. The molecule has 23 heavy (non-hydrogen) atoms. The zero-order valence-corrected chi connectivity index (χ0v) is 13.2. The Kier molecular flexibility index (Phi) is 4.02. The van der Waals surface area contributed by atoms with Crippen LogP contribution >= 0.6 is 0 Å². The summed E-state index contributed by atoms with van der Waals surface area (Å²) >= 11 is 0. The molecule has 0 aromatic heterocycles. The van der Waals surface area contributed by atoms with E-state index in [-0.39, 0.29) is 17.7 Å². The molecule has 0 radical (unpaired) electrons. The molecule has 3 aromatic rings. The number of aromatic hydroxyl groups is 1. The Hall–Kier alpha value is -2.81. The van der Waals surface area contributed by atoms with Gasteiger partial charge in [0, 0.05) is 5.56 Å². The van der Waals surface area contributed by atoms with Crippen LogP contribution in [0.3, 0.4) is 0 Å². The molecule has 3 rings (SSSR count). The van der Waals surface area contributed by atoms with Crippen molar-refractivity contribution in [2.75, 3.05) is 0 Å². The topological polar surface area (TPSA) is 49.3 Å². The second kappa shape index (κ2) is 6.13. The zero-order valence-electron chi connectivity index (χ0n) is 13.2. The smallest absolute Gasteiger partial charge is 0.252 e. The van der Waals surface area contributed by atoms with Crippen LogP contribution in [0.2, 0.25) is 0 Å². The average molecular weight is 305 g/mol. The van der Waals surface area contributed by atoms with Gasteiger partial charge < -0.3 is 10.4 Å². The molecule has 1 unspecified atom stereocenters. The first-order valence-corrected chi connectivity index (χ1v) is 7.64. The van der Waals surface area contributed by atoms with Gasteiger partial charge in [-0.25, -0.2) is 0 Å². The van der Waals surface area contributed by atoms with Gasteiger partial charge in [0.1, 0.15) is 5.75 Å². The second-order valence-corrected chi connectivity index (χ2v) is 5.76. The van der Waals surface area contributed by atoms with E-state index >= 15 is 0 Å². The van der Waals surface area contributed by atoms with Crippen LogP contribution in [0.15, 0.2) is 60.7 Å². The van der Waals surface area contributed by atoms with Crippen molar-refractivity contribution in [2.45, 2.75) is 19.9 Å². The molecule has 1 amide bonds. The average Bonchev–Trinajstić information content (AvgIpc) is 2.56. The van der Waals surface area contributed by atoms with Gasteiger partial charge in [-0.1, -0.05) is 48.5 Å². The van der Waals surface area contributed by atoms with Crippen molar-refractivity contribution in [2.24, 2.45) is 0 Å². The number of aryl methyl sites for hydroxylation is 1. The highest BCUT2D eigenvalue weighted by atomic mass is 16.3. The Morgan fingerprint density at radius 3 is 2.61 bits per heavy atom. The van der Waals surface area contributed by atoms with E-state index in [9.17, 15) is 9.90 Å². The number of fused-ring (bicyclic) bond motifs is 1. The lowest BCUT2D eigenvalue weighted by atomic mass is 9.99. The molecule has 0 saturated heterocycles. The fraction of sp³-hybridized carbons (Fsp3) is 0.150. The van der Waals surface area contributed by atoms with E-state index < -0.39 is 0 Å². The standard InChI is InChI=1S/C20H19NO2/c1-13-10-11-16(22)12-19(13)20(23)21-14(2)17-9-5-7-15-6-3-4-8-18(15)17/h3-12,14,22H,1-2H3,(H,21,23). The summed E-state index contributed by atoms with van der Waals surface area (Å²) in [5.74, 6) is -0.0857. The molecule has 3 heteroatoms. The predicted molar refractivity (Wildman–Crippen MR) is 92.7 cm³/mol. The summed E-state index contributed by atoms with van der Waals surface area (Å²) in [4.78, 5) is 12.5. The molecule has 116 valence electrons. The molecule has 0 aliphatic rings. The first-order chi connectivity index (χ1) is 11.1.